The van der Waals surface area contributed by atoms with E-state index in [4.69, 9.17) is 19.9 Å². The molecule has 0 spiro atoms. The molecule has 22 heavy (non-hydrogen) atoms. The van der Waals surface area contributed by atoms with Crippen molar-refractivity contribution in [1.29, 1.82) is 0 Å². The van der Waals surface area contributed by atoms with E-state index in [9.17, 15) is 8.78 Å². The molecule has 1 heterocycles. The van der Waals surface area contributed by atoms with Gasteiger partial charge in [-0.3, -0.25) is 0 Å². The summed E-state index contributed by atoms with van der Waals surface area (Å²) >= 11 is 0. The topological polar surface area (TPSA) is 53.7 Å². The zero-order valence-electron chi connectivity index (χ0n) is 12.0. The Morgan fingerprint density at radius 1 is 1.18 bits per heavy atom. The van der Waals surface area contributed by atoms with Gasteiger partial charge in [0.2, 0.25) is 0 Å². The van der Waals surface area contributed by atoms with Crippen molar-refractivity contribution in [3.63, 3.8) is 0 Å². The summed E-state index contributed by atoms with van der Waals surface area (Å²) < 4.78 is 43.5. The highest BCUT2D eigenvalue weighted by molar-refractivity contribution is 5.53. The Kier molecular flexibility index (Phi) is 3.75. The molecule has 2 N–H and O–H groups in total. The average Bonchev–Trinajstić information content (AvgIpc) is 2.98. The molecule has 0 bridgehead atoms. The second kappa shape index (κ2) is 5.71. The normalized spacial score (nSPS) is 12.7. The summed E-state index contributed by atoms with van der Waals surface area (Å²) in [4.78, 5) is 0. The van der Waals surface area contributed by atoms with Crippen LogP contribution in [0.2, 0.25) is 0 Å². The van der Waals surface area contributed by atoms with Gasteiger partial charge < -0.3 is 19.9 Å². The standard InChI is InChI=1S/C16H15F2NO3/c1-20-14-6-12(18)13(19)7-15(14)22-8-10-11(17)3-2-9-4-5-21-16(9)10/h2-3,6-7H,4-5,8,19H2,1H3. The van der Waals surface area contributed by atoms with Crippen LogP contribution in [0.25, 0.3) is 0 Å². The third-order valence-corrected chi connectivity index (χ3v) is 3.56. The molecule has 0 amide bonds. The third-order valence-electron chi connectivity index (χ3n) is 3.56. The largest absolute Gasteiger partial charge is 0.493 e. The first-order valence-corrected chi connectivity index (χ1v) is 6.79. The minimum atomic E-state index is -0.598. The van der Waals surface area contributed by atoms with Gasteiger partial charge in [-0.05, 0) is 11.6 Å². The van der Waals surface area contributed by atoms with Gasteiger partial charge in [-0.25, -0.2) is 8.78 Å². The molecule has 3 rings (SSSR count). The van der Waals surface area contributed by atoms with Crippen LogP contribution in [-0.4, -0.2) is 13.7 Å². The number of nitrogen functional groups attached to an aromatic ring is 1. The van der Waals surface area contributed by atoms with Crippen molar-refractivity contribution < 1.29 is 23.0 Å². The zero-order chi connectivity index (χ0) is 15.7. The maximum atomic E-state index is 14.0. The summed E-state index contributed by atoms with van der Waals surface area (Å²) in [5.41, 5.74) is 6.74. The van der Waals surface area contributed by atoms with Crippen LogP contribution in [0.15, 0.2) is 24.3 Å². The van der Waals surface area contributed by atoms with E-state index in [2.05, 4.69) is 0 Å². The van der Waals surface area contributed by atoms with E-state index < -0.39 is 11.6 Å². The highest BCUT2D eigenvalue weighted by Crippen LogP contribution is 2.35. The Labute approximate surface area is 126 Å². The number of hydrogen-bond acceptors (Lipinski definition) is 4. The van der Waals surface area contributed by atoms with Crippen molar-refractivity contribution in [2.45, 2.75) is 13.0 Å². The molecule has 2 aromatic carbocycles. The van der Waals surface area contributed by atoms with Crippen LogP contribution < -0.4 is 19.9 Å². The lowest BCUT2D eigenvalue weighted by molar-refractivity contribution is 0.269. The van der Waals surface area contributed by atoms with Gasteiger partial charge in [0.15, 0.2) is 11.5 Å². The average molecular weight is 307 g/mol. The van der Waals surface area contributed by atoms with Gasteiger partial charge in [-0.1, -0.05) is 6.07 Å². The van der Waals surface area contributed by atoms with E-state index in [1.807, 2.05) is 0 Å². The molecule has 0 aliphatic carbocycles. The fourth-order valence-electron chi connectivity index (χ4n) is 2.40. The molecule has 0 unspecified atom stereocenters. The van der Waals surface area contributed by atoms with E-state index in [0.29, 0.717) is 17.9 Å². The number of ether oxygens (including phenoxy) is 3. The van der Waals surface area contributed by atoms with Crippen LogP contribution in [0, 0.1) is 11.6 Å². The van der Waals surface area contributed by atoms with Gasteiger partial charge in [0.25, 0.3) is 0 Å². The lowest BCUT2D eigenvalue weighted by Gasteiger charge is -2.14. The van der Waals surface area contributed by atoms with Crippen LogP contribution in [-0.2, 0) is 13.0 Å². The highest BCUT2D eigenvalue weighted by Gasteiger charge is 2.21. The van der Waals surface area contributed by atoms with Gasteiger partial charge in [0.1, 0.15) is 24.0 Å². The van der Waals surface area contributed by atoms with Crippen molar-refractivity contribution in [3.05, 3.63) is 47.0 Å². The molecule has 0 radical (unpaired) electrons. The number of hydrogen-bond donors (Lipinski definition) is 1. The second-order valence-corrected chi connectivity index (χ2v) is 4.93. The predicted octanol–water partition coefficient (Wildman–Crippen LogP) is 3.07. The molecule has 116 valence electrons. The van der Waals surface area contributed by atoms with Crippen molar-refractivity contribution >= 4 is 5.69 Å². The summed E-state index contributed by atoms with van der Waals surface area (Å²) in [7, 11) is 1.39. The molecule has 6 heteroatoms. The fraction of sp³-hybridized carbons (Fsp3) is 0.250. The van der Waals surface area contributed by atoms with Crippen molar-refractivity contribution in [3.8, 4) is 17.2 Å². The Hall–Kier alpha value is -2.50. The van der Waals surface area contributed by atoms with Crippen LogP contribution in [0.3, 0.4) is 0 Å². The first kappa shape index (κ1) is 14.4. The summed E-state index contributed by atoms with van der Waals surface area (Å²) in [6.45, 7) is 0.467. The molecular weight excluding hydrogens is 292 g/mol. The van der Waals surface area contributed by atoms with E-state index in [0.717, 1.165) is 18.1 Å². The van der Waals surface area contributed by atoms with Crippen LogP contribution in [0.5, 0.6) is 17.2 Å². The van der Waals surface area contributed by atoms with Crippen molar-refractivity contribution in [2.24, 2.45) is 0 Å². The smallest absolute Gasteiger partial charge is 0.163 e. The van der Waals surface area contributed by atoms with Crippen molar-refractivity contribution in [2.75, 3.05) is 19.5 Å². The van der Waals surface area contributed by atoms with E-state index in [1.54, 1.807) is 6.07 Å². The van der Waals surface area contributed by atoms with E-state index in [-0.39, 0.29) is 23.8 Å². The van der Waals surface area contributed by atoms with Gasteiger partial charge >= 0.3 is 0 Å². The Balaban J connectivity index is 1.88. The van der Waals surface area contributed by atoms with E-state index >= 15 is 0 Å². The quantitative estimate of drug-likeness (QED) is 0.882. The summed E-state index contributed by atoms with van der Waals surface area (Å²) in [5, 5.41) is 0. The van der Waals surface area contributed by atoms with Gasteiger partial charge in [-0.15, -0.1) is 0 Å². The fourth-order valence-corrected chi connectivity index (χ4v) is 2.40. The molecule has 0 fully saturated rings. The maximum absolute atomic E-state index is 14.0. The summed E-state index contributed by atoms with van der Waals surface area (Å²) in [5.74, 6) is -0.0416. The van der Waals surface area contributed by atoms with Gasteiger partial charge in [0, 0.05) is 18.6 Å². The number of anilines is 1. The number of benzene rings is 2. The Morgan fingerprint density at radius 3 is 2.77 bits per heavy atom. The number of rotatable bonds is 4. The Morgan fingerprint density at radius 2 is 2.00 bits per heavy atom. The Bertz CT molecular complexity index is 719. The molecule has 0 aromatic heterocycles. The van der Waals surface area contributed by atoms with E-state index in [1.165, 1.54) is 19.2 Å². The minimum absolute atomic E-state index is 0.0591. The third kappa shape index (κ3) is 2.52. The number of methoxy groups -OCH3 is 1. The molecular formula is C16H15F2NO3. The lowest BCUT2D eigenvalue weighted by atomic mass is 10.1. The molecule has 0 saturated carbocycles. The number of halogens is 2. The molecule has 0 saturated heterocycles. The zero-order valence-corrected chi connectivity index (χ0v) is 12.0. The number of nitrogens with two attached hydrogens (primary N) is 1. The summed E-state index contributed by atoms with van der Waals surface area (Å²) in [6, 6.07) is 5.54. The monoisotopic (exact) mass is 307 g/mol. The van der Waals surface area contributed by atoms with Crippen molar-refractivity contribution in [1.82, 2.24) is 0 Å². The van der Waals surface area contributed by atoms with Crippen LogP contribution in [0.4, 0.5) is 14.5 Å². The number of fused-ring (bicyclic) bond motifs is 1. The van der Waals surface area contributed by atoms with Gasteiger partial charge in [-0.2, -0.15) is 0 Å². The van der Waals surface area contributed by atoms with Gasteiger partial charge in [0.05, 0.1) is 25.0 Å². The molecule has 4 nitrogen and oxygen atoms in total. The molecule has 0 atom stereocenters. The van der Waals surface area contributed by atoms with Crippen LogP contribution in [0.1, 0.15) is 11.1 Å². The van der Waals surface area contributed by atoms with Crippen LogP contribution >= 0.6 is 0 Å². The SMILES string of the molecule is COc1cc(F)c(N)cc1OCc1c(F)ccc2c1OCC2. The maximum Gasteiger partial charge on any atom is 0.163 e. The molecule has 1 aliphatic rings. The highest BCUT2D eigenvalue weighted by atomic mass is 19.1. The molecule has 2 aromatic rings. The first-order valence-electron chi connectivity index (χ1n) is 6.79. The second-order valence-electron chi connectivity index (χ2n) is 4.93. The predicted molar refractivity (Wildman–Crippen MR) is 77.3 cm³/mol. The molecule has 1 aliphatic heterocycles. The summed E-state index contributed by atoms with van der Waals surface area (Å²) in [6.07, 6.45) is 0.745. The lowest BCUT2D eigenvalue weighted by Crippen LogP contribution is -2.04. The first-order chi connectivity index (χ1) is 10.6. The minimum Gasteiger partial charge on any atom is -0.493 e.